The summed E-state index contributed by atoms with van der Waals surface area (Å²) in [6.45, 7) is 0. The molecule has 1 fully saturated rings. The topological polar surface area (TPSA) is 56.4 Å². The van der Waals surface area contributed by atoms with Gasteiger partial charge in [-0.2, -0.15) is 0 Å². The van der Waals surface area contributed by atoms with Crippen LogP contribution < -0.4 is 4.98 Å². The number of aromatic nitrogens is 2. The monoisotopic (exact) mass is 243 g/mol. The molecular formula is C10H14N3OV-. The van der Waals surface area contributed by atoms with Crippen LogP contribution in [-0.4, -0.2) is 17.2 Å². The minimum absolute atomic E-state index is 0.521. The standard InChI is InChI=1S/C10H14N3.O.V/c1-2-4-9(5-3-1)13-8-10-11-6-7-12-10;;/h6-9H,1-5H2;;/q-1;;. The molecule has 15 heavy (non-hydrogen) atoms. The van der Waals surface area contributed by atoms with Crippen LogP contribution in [0, 0.1) is 0 Å². The Hall–Kier alpha value is -0.736. The molecule has 0 N–H and O–H groups in total. The molecule has 1 aromatic heterocycles. The first-order chi connectivity index (χ1) is 7.45. The van der Waals surface area contributed by atoms with Gasteiger partial charge in [0, 0.05) is 12.3 Å². The van der Waals surface area contributed by atoms with Crippen LogP contribution in [0.25, 0.3) is 0 Å². The van der Waals surface area contributed by atoms with Crippen molar-refractivity contribution in [1.29, 1.82) is 0 Å². The Morgan fingerprint density at radius 3 is 2.73 bits per heavy atom. The van der Waals surface area contributed by atoms with Crippen LogP contribution in [0.4, 0.5) is 0 Å². The Balaban J connectivity index is 0.000000531. The van der Waals surface area contributed by atoms with Crippen molar-refractivity contribution in [2.75, 3.05) is 0 Å². The van der Waals surface area contributed by atoms with E-state index in [1.807, 2.05) is 0 Å². The molecule has 1 saturated carbocycles. The van der Waals surface area contributed by atoms with Crippen LogP contribution in [-0.2, 0) is 21.0 Å². The van der Waals surface area contributed by atoms with Crippen LogP contribution >= 0.6 is 0 Å². The van der Waals surface area contributed by atoms with Crippen LogP contribution in [0.1, 0.15) is 37.9 Å². The molecule has 0 saturated heterocycles. The zero-order chi connectivity index (χ0) is 10.9. The molecule has 1 aliphatic rings. The second kappa shape index (κ2) is 7.54. The zero-order valence-corrected chi connectivity index (χ0v) is 9.94. The molecular weight excluding hydrogens is 229 g/mol. The summed E-state index contributed by atoms with van der Waals surface area (Å²) in [7, 11) is 0. The van der Waals surface area contributed by atoms with Gasteiger partial charge in [0.15, 0.2) is 0 Å². The van der Waals surface area contributed by atoms with E-state index in [2.05, 4.69) is 15.0 Å². The van der Waals surface area contributed by atoms with Crippen molar-refractivity contribution in [1.82, 2.24) is 9.97 Å². The molecule has 0 aromatic carbocycles. The van der Waals surface area contributed by atoms with Gasteiger partial charge in [0.2, 0.25) is 0 Å². The summed E-state index contributed by atoms with van der Waals surface area (Å²) >= 11 is 1.06. The predicted molar refractivity (Wildman–Crippen MR) is 52.7 cm³/mol. The number of rotatable bonds is 2. The van der Waals surface area contributed by atoms with E-state index in [1.165, 1.54) is 32.1 Å². The normalized spacial score (nSPS) is 17.3. The Bertz CT molecular complexity index is 281. The van der Waals surface area contributed by atoms with Crippen molar-refractivity contribution >= 4 is 6.21 Å². The van der Waals surface area contributed by atoms with E-state index in [9.17, 15) is 0 Å². The maximum absolute atomic E-state index is 8.19. The molecule has 0 radical (unpaired) electrons. The third kappa shape index (κ3) is 4.54. The van der Waals surface area contributed by atoms with Gasteiger partial charge in [0.05, 0.1) is 0 Å². The molecule has 5 heteroatoms. The minimum atomic E-state index is 0.521. The van der Waals surface area contributed by atoms with Gasteiger partial charge in [0.25, 0.3) is 0 Å². The molecule has 1 aromatic rings. The average Bonchev–Trinajstić information content (AvgIpc) is 2.83. The summed E-state index contributed by atoms with van der Waals surface area (Å²) in [6, 6.07) is 0.521. The Morgan fingerprint density at radius 2 is 2.13 bits per heavy atom. The Morgan fingerprint density at radius 1 is 1.40 bits per heavy atom. The van der Waals surface area contributed by atoms with E-state index in [0.29, 0.717) is 6.04 Å². The molecule has 0 amide bonds. The van der Waals surface area contributed by atoms with Crippen LogP contribution in [0.2, 0.25) is 0 Å². The van der Waals surface area contributed by atoms with Gasteiger partial charge in [-0.25, -0.2) is 0 Å². The van der Waals surface area contributed by atoms with E-state index in [-0.39, 0.29) is 0 Å². The molecule has 1 aliphatic carbocycles. The van der Waals surface area contributed by atoms with E-state index >= 15 is 0 Å². The summed E-state index contributed by atoms with van der Waals surface area (Å²) in [6.07, 6.45) is 11.7. The quantitative estimate of drug-likeness (QED) is 0.742. The molecule has 0 aliphatic heterocycles. The fourth-order valence-corrected chi connectivity index (χ4v) is 1.72. The first kappa shape index (κ1) is 12.3. The maximum atomic E-state index is 8.19. The van der Waals surface area contributed by atoms with Crippen molar-refractivity contribution in [2.24, 2.45) is 4.99 Å². The van der Waals surface area contributed by atoms with Crippen molar-refractivity contribution in [3.05, 3.63) is 18.2 Å². The molecule has 0 atom stereocenters. The van der Waals surface area contributed by atoms with Crippen molar-refractivity contribution in [3.8, 4) is 0 Å². The van der Waals surface area contributed by atoms with Crippen LogP contribution in [0.15, 0.2) is 17.4 Å². The average molecular weight is 243 g/mol. The SMILES string of the molecule is C(=NC1CCCCC1)c1ncc[n-]1.[O]=[V]. The van der Waals surface area contributed by atoms with Crippen molar-refractivity contribution in [3.63, 3.8) is 0 Å². The first-order valence-electron chi connectivity index (χ1n) is 5.10. The van der Waals surface area contributed by atoms with Crippen LogP contribution in [0.5, 0.6) is 0 Å². The summed E-state index contributed by atoms with van der Waals surface area (Å²) in [4.78, 5) is 12.6. The number of hydrogen-bond donors (Lipinski definition) is 0. The number of imidazole rings is 1. The van der Waals surface area contributed by atoms with Crippen molar-refractivity contribution < 1.29 is 21.0 Å². The summed E-state index contributed by atoms with van der Waals surface area (Å²) in [5.41, 5.74) is 0. The third-order valence-electron chi connectivity index (χ3n) is 2.46. The number of aliphatic imine (C=N–C) groups is 1. The first-order valence-corrected chi connectivity index (χ1v) is 5.67. The predicted octanol–water partition coefficient (Wildman–Crippen LogP) is 1.67. The van der Waals surface area contributed by atoms with Gasteiger partial charge in [0.1, 0.15) is 0 Å². The van der Waals surface area contributed by atoms with E-state index in [1.54, 1.807) is 18.6 Å². The fourth-order valence-electron chi connectivity index (χ4n) is 1.72. The van der Waals surface area contributed by atoms with E-state index in [4.69, 9.17) is 3.67 Å². The molecule has 2 rings (SSSR count). The Labute approximate surface area is 98.8 Å². The molecule has 81 valence electrons. The van der Waals surface area contributed by atoms with Crippen LogP contribution in [0.3, 0.4) is 0 Å². The van der Waals surface area contributed by atoms with Gasteiger partial charge < -0.3 is 9.97 Å². The zero-order valence-electron chi connectivity index (χ0n) is 8.54. The second-order valence-corrected chi connectivity index (χ2v) is 3.48. The number of nitrogens with zero attached hydrogens (tertiary/aromatic N) is 3. The summed E-state index contributed by atoms with van der Waals surface area (Å²) < 4.78 is 8.19. The third-order valence-corrected chi connectivity index (χ3v) is 2.46. The molecule has 0 spiro atoms. The van der Waals surface area contributed by atoms with Crippen molar-refractivity contribution in [2.45, 2.75) is 38.1 Å². The van der Waals surface area contributed by atoms with E-state index in [0.717, 1.165) is 23.2 Å². The summed E-state index contributed by atoms with van der Waals surface area (Å²) in [5, 5.41) is 0. The van der Waals surface area contributed by atoms with Gasteiger partial charge in [-0.15, -0.1) is 0 Å². The molecule has 0 bridgehead atoms. The molecule has 4 nitrogen and oxygen atoms in total. The van der Waals surface area contributed by atoms with Gasteiger partial charge >= 0.3 is 21.0 Å². The van der Waals surface area contributed by atoms with Gasteiger partial charge in [-0.3, -0.25) is 4.99 Å². The Kier molecular flexibility index (Phi) is 6.20. The second-order valence-electron chi connectivity index (χ2n) is 3.48. The molecule has 0 unspecified atom stereocenters. The number of hydrogen-bond acceptors (Lipinski definition) is 3. The summed E-state index contributed by atoms with van der Waals surface area (Å²) in [5.74, 6) is 0.741. The molecule has 1 heterocycles. The van der Waals surface area contributed by atoms with Gasteiger partial charge in [-0.05, 0) is 18.7 Å². The van der Waals surface area contributed by atoms with E-state index < -0.39 is 0 Å². The van der Waals surface area contributed by atoms with Gasteiger partial charge in [-0.1, -0.05) is 31.7 Å². The fraction of sp³-hybridized carbons (Fsp3) is 0.600.